The maximum Gasteiger partial charge on any atom is 0.0795 e. The van der Waals surface area contributed by atoms with E-state index in [1.165, 1.54) is 69.7 Å². The minimum atomic E-state index is 0.247. The molecule has 0 saturated carbocycles. The highest BCUT2D eigenvalue weighted by Gasteiger charge is 2.42. The number of likely N-dealkylation sites (tertiary alicyclic amines) is 1. The largest absolute Gasteiger partial charge is 0.374 e. The fourth-order valence-corrected chi connectivity index (χ4v) is 5.51. The summed E-state index contributed by atoms with van der Waals surface area (Å²) >= 11 is 2.09. The van der Waals surface area contributed by atoms with Gasteiger partial charge >= 0.3 is 0 Å². The minimum Gasteiger partial charge on any atom is -0.374 e. The van der Waals surface area contributed by atoms with Crippen LogP contribution in [0.15, 0.2) is 0 Å². The van der Waals surface area contributed by atoms with Gasteiger partial charge in [-0.25, -0.2) is 0 Å². The molecule has 3 aliphatic heterocycles. The second kappa shape index (κ2) is 6.99. The van der Waals surface area contributed by atoms with Crippen LogP contribution in [0.3, 0.4) is 0 Å². The summed E-state index contributed by atoms with van der Waals surface area (Å²) < 4.78 is 6.17. The van der Waals surface area contributed by atoms with Crippen molar-refractivity contribution in [1.29, 1.82) is 0 Å². The lowest BCUT2D eigenvalue weighted by Crippen LogP contribution is -2.51. The van der Waals surface area contributed by atoms with E-state index in [1.807, 2.05) is 0 Å². The summed E-state index contributed by atoms with van der Waals surface area (Å²) in [6, 6.07) is 0.799. The van der Waals surface area contributed by atoms with E-state index in [2.05, 4.69) is 29.0 Å². The molecule has 0 amide bonds. The number of ether oxygens (including phenoxy) is 1. The molecule has 0 radical (unpaired) electrons. The van der Waals surface area contributed by atoms with Crippen molar-refractivity contribution in [2.75, 3.05) is 44.8 Å². The molecule has 4 heteroatoms. The van der Waals surface area contributed by atoms with Gasteiger partial charge in [0.1, 0.15) is 0 Å². The number of nitrogens with zero attached hydrogens (tertiary/aromatic N) is 1. The molecule has 0 aromatic carbocycles. The quantitative estimate of drug-likeness (QED) is 0.861. The number of hydrogen-bond acceptors (Lipinski definition) is 4. The van der Waals surface area contributed by atoms with E-state index in [-0.39, 0.29) is 5.60 Å². The van der Waals surface area contributed by atoms with E-state index in [0.717, 1.165) is 18.6 Å². The lowest BCUT2D eigenvalue weighted by molar-refractivity contribution is -0.0929. The second-order valence-corrected chi connectivity index (χ2v) is 7.96. The average molecular weight is 298 g/mol. The van der Waals surface area contributed by atoms with Crippen molar-refractivity contribution in [1.82, 2.24) is 10.2 Å². The standard InChI is InChI=1S/C16H30N2OS/c1-17-7-2-14-3-8-18(9-4-14)15-5-10-19-16(12-15)6-11-20-13-16/h14-15,17H,2-13H2,1H3. The van der Waals surface area contributed by atoms with Crippen LogP contribution >= 0.6 is 11.8 Å². The average Bonchev–Trinajstić information content (AvgIpc) is 2.93. The first-order chi connectivity index (χ1) is 9.81. The number of nitrogens with one attached hydrogen (secondary N) is 1. The number of hydrogen-bond donors (Lipinski definition) is 1. The third-order valence-corrected chi connectivity index (χ3v) is 6.73. The lowest BCUT2D eigenvalue weighted by atomic mass is 9.86. The van der Waals surface area contributed by atoms with Crippen LogP contribution in [0.2, 0.25) is 0 Å². The van der Waals surface area contributed by atoms with E-state index in [0.29, 0.717) is 0 Å². The van der Waals surface area contributed by atoms with Gasteiger partial charge in [-0.3, -0.25) is 0 Å². The summed E-state index contributed by atoms with van der Waals surface area (Å²) in [5, 5.41) is 3.29. The van der Waals surface area contributed by atoms with Gasteiger partial charge in [-0.1, -0.05) is 0 Å². The molecule has 20 heavy (non-hydrogen) atoms. The van der Waals surface area contributed by atoms with Crippen LogP contribution in [0.5, 0.6) is 0 Å². The van der Waals surface area contributed by atoms with E-state index in [1.54, 1.807) is 0 Å². The molecule has 116 valence electrons. The smallest absolute Gasteiger partial charge is 0.0795 e. The molecule has 1 spiro atoms. The summed E-state index contributed by atoms with van der Waals surface area (Å²) in [6.07, 6.45) is 8.00. The van der Waals surface area contributed by atoms with Crippen molar-refractivity contribution in [3.63, 3.8) is 0 Å². The Labute approximate surface area is 128 Å². The third-order valence-electron chi connectivity index (χ3n) is 5.50. The van der Waals surface area contributed by atoms with Gasteiger partial charge < -0.3 is 15.0 Å². The first kappa shape index (κ1) is 15.1. The summed E-state index contributed by atoms with van der Waals surface area (Å²) in [5.41, 5.74) is 0.247. The summed E-state index contributed by atoms with van der Waals surface area (Å²) in [5.74, 6) is 3.50. The van der Waals surface area contributed by atoms with E-state index in [4.69, 9.17) is 4.74 Å². The van der Waals surface area contributed by atoms with E-state index < -0.39 is 0 Å². The zero-order valence-electron chi connectivity index (χ0n) is 12.9. The normalized spacial score (nSPS) is 36.8. The zero-order valence-corrected chi connectivity index (χ0v) is 13.7. The van der Waals surface area contributed by atoms with Gasteiger partial charge in [-0.15, -0.1) is 0 Å². The molecule has 0 aromatic rings. The molecule has 0 aliphatic carbocycles. The fraction of sp³-hybridized carbons (Fsp3) is 1.00. The van der Waals surface area contributed by atoms with Crippen LogP contribution in [-0.2, 0) is 4.74 Å². The van der Waals surface area contributed by atoms with Gasteiger partial charge in [0.2, 0.25) is 0 Å². The number of piperidine rings is 1. The monoisotopic (exact) mass is 298 g/mol. The number of thioether (sulfide) groups is 1. The van der Waals surface area contributed by atoms with Crippen LogP contribution < -0.4 is 5.32 Å². The molecular formula is C16H30N2OS. The van der Waals surface area contributed by atoms with Crippen molar-refractivity contribution >= 4 is 11.8 Å². The molecule has 2 unspecified atom stereocenters. The van der Waals surface area contributed by atoms with E-state index in [9.17, 15) is 0 Å². The second-order valence-electron chi connectivity index (χ2n) is 6.85. The molecule has 1 N–H and O–H groups in total. The molecular weight excluding hydrogens is 268 g/mol. The van der Waals surface area contributed by atoms with Crippen molar-refractivity contribution in [3.05, 3.63) is 0 Å². The molecule has 3 saturated heterocycles. The molecule has 0 aromatic heterocycles. The Kier molecular flexibility index (Phi) is 5.29. The van der Waals surface area contributed by atoms with Gasteiger partial charge in [-0.05, 0) is 76.9 Å². The zero-order chi connectivity index (χ0) is 13.8. The van der Waals surface area contributed by atoms with Gasteiger partial charge in [0.15, 0.2) is 0 Å². The Bertz CT molecular complexity index is 299. The molecule has 3 rings (SSSR count). The Hall–Kier alpha value is 0.230. The summed E-state index contributed by atoms with van der Waals surface area (Å²) in [7, 11) is 2.07. The first-order valence-corrected chi connectivity index (χ1v) is 9.57. The predicted molar refractivity (Wildman–Crippen MR) is 86.5 cm³/mol. The highest BCUT2D eigenvalue weighted by molar-refractivity contribution is 7.99. The molecule has 3 aliphatic rings. The Morgan fingerprint density at radius 1 is 1.30 bits per heavy atom. The maximum atomic E-state index is 6.17. The predicted octanol–water partition coefficient (Wildman–Crippen LogP) is 2.36. The van der Waals surface area contributed by atoms with Gasteiger partial charge in [-0.2, -0.15) is 11.8 Å². The van der Waals surface area contributed by atoms with E-state index >= 15 is 0 Å². The molecule has 3 heterocycles. The first-order valence-electron chi connectivity index (χ1n) is 8.42. The van der Waals surface area contributed by atoms with Crippen molar-refractivity contribution < 1.29 is 4.74 Å². The summed E-state index contributed by atoms with van der Waals surface area (Å²) in [6.45, 7) is 4.82. The molecule has 2 atom stereocenters. The van der Waals surface area contributed by atoms with Crippen LogP contribution in [0.25, 0.3) is 0 Å². The van der Waals surface area contributed by atoms with Crippen molar-refractivity contribution in [3.8, 4) is 0 Å². The lowest BCUT2D eigenvalue weighted by Gasteiger charge is -2.45. The fourth-order valence-electron chi connectivity index (χ4n) is 4.13. The van der Waals surface area contributed by atoms with Crippen LogP contribution in [-0.4, -0.2) is 61.3 Å². The Morgan fingerprint density at radius 2 is 2.15 bits per heavy atom. The maximum absolute atomic E-state index is 6.17. The van der Waals surface area contributed by atoms with Crippen molar-refractivity contribution in [2.24, 2.45) is 5.92 Å². The van der Waals surface area contributed by atoms with Crippen LogP contribution in [0.1, 0.15) is 38.5 Å². The van der Waals surface area contributed by atoms with Crippen LogP contribution in [0.4, 0.5) is 0 Å². The minimum absolute atomic E-state index is 0.247. The van der Waals surface area contributed by atoms with Gasteiger partial charge in [0.05, 0.1) is 5.60 Å². The van der Waals surface area contributed by atoms with Gasteiger partial charge in [0.25, 0.3) is 0 Å². The topological polar surface area (TPSA) is 24.5 Å². The highest BCUT2D eigenvalue weighted by Crippen LogP contribution is 2.40. The van der Waals surface area contributed by atoms with Crippen molar-refractivity contribution in [2.45, 2.75) is 50.2 Å². The molecule has 3 fully saturated rings. The highest BCUT2D eigenvalue weighted by atomic mass is 32.2. The summed E-state index contributed by atoms with van der Waals surface area (Å²) in [4.78, 5) is 2.78. The number of rotatable bonds is 4. The SMILES string of the molecule is CNCCC1CCN(C2CCOC3(CCSC3)C2)CC1. The molecule has 3 nitrogen and oxygen atoms in total. The molecule has 0 bridgehead atoms. The third kappa shape index (κ3) is 3.52. The van der Waals surface area contributed by atoms with Gasteiger partial charge in [0, 0.05) is 18.4 Å². The van der Waals surface area contributed by atoms with Crippen LogP contribution in [0, 0.1) is 5.92 Å². The Balaban J connectivity index is 1.48. The Morgan fingerprint density at radius 3 is 2.85 bits per heavy atom.